The number of fused-ring (bicyclic) bond motifs is 2. The van der Waals surface area contributed by atoms with Gasteiger partial charge in [0.1, 0.15) is 16.8 Å². The number of benzene rings is 1. The summed E-state index contributed by atoms with van der Waals surface area (Å²) in [6.45, 7) is 6.84. The monoisotopic (exact) mass is 363 g/mol. The summed E-state index contributed by atoms with van der Waals surface area (Å²) in [5.41, 5.74) is 4.04. The lowest BCUT2D eigenvalue weighted by molar-refractivity contribution is -0.110. The molecule has 0 radical (unpaired) electrons. The van der Waals surface area contributed by atoms with Crippen molar-refractivity contribution in [3.8, 4) is 6.07 Å². The van der Waals surface area contributed by atoms with E-state index in [1.54, 1.807) is 11.3 Å². The van der Waals surface area contributed by atoms with E-state index in [-0.39, 0.29) is 11.3 Å². The second-order valence-corrected chi connectivity index (χ2v) is 9.15. The molecule has 4 rings (SSSR count). The van der Waals surface area contributed by atoms with E-state index in [1.165, 1.54) is 4.88 Å². The zero-order valence-corrected chi connectivity index (χ0v) is 16.0. The van der Waals surface area contributed by atoms with Crippen molar-refractivity contribution in [1.29, 1.82) is 5.26 Å². The van der Waals surface area contributed by atoms with Crippen LogP contribution in [0.5, 0.6) is 0 Å². The van der Waals surface area contributed by atoms with Gasteiger partial charge < -0.3 is 5.32 Å². The third-order valence-corrected chi connectivity index (χ3v) is 6.59. The van der Waals surface area contributed by atoms with Gasteiger partial charge in [-0.25, -0.2) is 4.99 Å². The van der Waals surface area contributed by atoms with Gasteiger partial charge >= 0.3 is 0 Å². The fraction of sp³-hybridized carbons (Fsp3) is 0.381. The standard InChI is InChI=1S/C21H21N3OS/c1-21(2,3)12-8-9-13-15(11-22)20(26-17(13)10-12)24-18-14-6-4-5-7-16(14)23-19(18)25/h4-7,12H,8-10H2,1-3H3,(H,23,24,25)/t12-/m0/s1. The summed E-state index contributed by atoms with van der Waals surface area (Å²) in [7, 11) is 0. The Hall–Kier alpha value is -2.45. The van der Waals surface area contributed by atoms with Gasteiger partial charge in [-0.1, -0.05) is 39.0 Å². The highest BCUT2D eigenvalue weighted by molar-refractivity contribution is 7.16. The molecular weight excluding hydrogens is 342 g/mol. The smallest absolute Gasteiger partial charge is 0.275 e. The molecule has 1 aromatic heterocycles. The maximum Gasteiger partial charge on any atom is 0.275 e. The summed E-state index contributed by atoms with van der Waals surface area (Å²) in [6.07, 6.45) is 3.01. The average Bonchev–Trinajstić information content (AvgIpc) is 3.11. The van der Waals surface area contributed by atoms with Gasteiger partial charge in [-0.15, -0.1) is 11.3 Å². The van der Waals surface area contributed by atoms with Crippen LogP contribution in [0.25, 0.3) is 0 Å². The average molecular weight is 363 g/mol. The number of rotatable bonds is 1. The van der Waals surface area contributed by atoms with Crippen molar-refractivity contribution in [2.45, 2.75) is 40.0 Å². The number of nitriles is 1. The Morgan fingerprint density at radius 3 is 2.81 bits per heavy atom. The van der Waals surface area contributed by atoms with Crippen LogP contribution in [0.4, 0.5) is 10.7 Å². The van der Waals surface area contributed by atoms with Crippen LogP contribution in [0.1, 0.15) is 48.8 Å². The third kappa shape index (κ3) is 2.75. The lowest BCUT2D eigenvalue weighted by Crippen LogP contribution is -2.26. The van der Waals surface area contributed by atoms with Gasteiger partial charge in [0.25, 0.3) is 5.91 Å². The number of hydrogen-bond donors (Lipinski definition) is 1. The minimum absolute atomic E-state index is 0.200. The highest BCUT2D eigenvalue weighted by Crippen LogP contribution is 2.45. The van der Waals surface area contributed by atoms with Crippen LogP contribution in [-0.2, 0) is 17.6 Å². The molecule has 26 heavy (non-hydrogen) atoms. The van der Waals surface area contributed by atoms with Crippen molar-refractivity contribution in [1.82, 2.24) is 0 Å². The Kier molecular flexibility index (Phi) is 3.96. The zero-order chi connectivity index (χ0) is 18.5. The summed E-state index contributed by atoms with van der Waals surface area (Å²) >= 11 is 1.58. The summed E-state index contributed by atoms with van der Waals surface area (Å²) in [4.78, 5) is 18.2. The van der Waals surface area contributed by atoms with Crippen molar-refractivity contribution >= 4 is 33.6 Å². The molecule has 1 amide bonds. The second kappa shape index (κ2) is 6.07. The normalized spacial score (nSPS) is 20.5. The number of carbonyl (C=O) groups excluding carboxylic acids is 1. The van der Waals surface area contributed by atoms with Gasteiger partial charge in [0.2, 0.25) is 0 Å². The van der Waals surface area contributed by atoms with Gasteiger partial charge in [0, 0.05) is 10.4 Å². The zero-order valence-electron chi connectivity index (χ0n) is 15.2. The molecule has 1 atom stereocenters. The molecule has 2 heterocycles. The van der Waals surface area contributed by atoms with E-state index in [2.05, 4.69) is 37.1 Å². The second-order valence-electron chi connectivity index (χ2n) is 8.06. The molecule has 0 bridgehead atoms. The molecule has 2 aromatic rings. The largest absolute Gasteiger partial charge is 0.320 e. The van der Waals surface area contributed by atoms with Crippen LogP contribution in [0.3, 0.4) is 0 Å². The van der Waals surface area contributed by atoms with Crippen LogP contribution < -0.4 is 5.32 Å². The summed E-state index contributed by atoms with van der Waals surface area (Å²) in [5.74, 6) is 0.408. The Morgan fingerprint density at radius 2 is 2.08 bits per heavy atom. The van der Waals surface area contributed by atoms with Crippen LogP contribution in [0.2, 0.25) is 0 Å². The highest BCUT2D eigenvalue weighted by atomic mass is 32.1. The van der Waals surface area contributed by atoms with E-state index in [0.717, 1.165) is 36.1 Å². The van der Waals surface area contributed by atoms with E-state index < -0.39 is 0 Å². The molecule has 0 spiro atoms. The van der Waals surface area contributed by atoms with Gasteiger partial charge in [0.05, 0.1) is 11.3 Å². The molecule has 2 aliphatic rings. The molecule has 132 valence electrons. The number of para-hydroxylation sites is 1. The summed E-state index contributed by atoms with van der Waals surface area (Å²) < 4.78 is 0. The van der Waals surface area contributed by atoms with Crippen molar-refractivity contribution in [3.63, 3.8) is 0 Å². The van der Waals surface area contributed by atoms with E-state index in [0.29, 0.717) is 22.2 Å². The molecule has 0 saturated carbocycles. The van der Waals surface area contributed by atoms with Gasteiger partial charge in [0.15, 0.2) is 0 Å². The van der Waals surface area contributed by atoms with E-state index in [4.69, 9.17) is 0 Å². The molecule has 0 fully saturated rings. The van der Waals surface area contributed by atoms with Gasteiger partial charge in [-0.3, -0.25) is 4.79 Å². The maximum absolute atomic E-state index is 12.3. The van der Waals surface area contributed by atoms with Crippen molar-refractivity contribution in [2.24, 2.45) is 16.3 Å². The Bertz CT molecular complexity index is 972. The Morgan fingerprint density at radius 1 is 1.31 bits per heavy atom. The van der Waals surface area contributed by atoms with Gasteiger partial charge in [-0.05, 0) is 42.2 Å². The summed E-state index contributed by atoms with van der Waals surface area (Å²) in [6, 6.07) is 9.89. The fourth-order valence-electron chi connectivity index (χ4n) is 3.82. The molecule has 1 aromatic carbocycles. The van der Waals surface area contributed by atoms with Crippen LogP contribution in [0, 0.1) is 22.7 Å². The van der Waals surface area contributed by atoms with E-state index in [1.807, 2.05) is 24.3 Å². The highest BCUT2D eigenvalue weighted by Gasteiger charge is 2.33. The van der Waals surface area contributed by atoms with E-state index >= 15 is 0 Å². The van der Waals surface area contributed by atoms with Crippen LogP contribution in [0.15, 0.2) is 29.3 Å². The topological polar surface area (TPSA) is 65.2 Å². The number of nitrogens with zero attached hydrogens (tertiary/aromatic N) is 2. The molecule has 1 aliphatic heterocycles. The van der Waals surface area contributed by atoms with Crippen molar-refractivity contribution in [2.75, 3.05) is 5.32 Å². The molecule has 1 N–H and O–H groups in total. The Labute approximate surface area is 157 Å². The predicted octanol–water partition coefficient (Wildman–Crippen LogP) is 4.84. The number of anilines is 1. The van der Waals surface area contributed by atoms with E-state index in [9.17, 15) is 10.1 Å². The van der Waals surface area contributed by atoms with Crippen LogP contribution in [-0.4, -0.2) is 11.6 Å². The molecule has 1 aliphatic carbocycles. The number of nitrogens with one attached hydrogen (secondary N) is 1. The number of aliphatic imine (C=N–C) groups is 1. The first-order valence-corrected chi connectivity index (χ1v) is 9.74. The summed E-state index contributed by atoms with van der Waals surface area (Å²) in [5, 5.41) is 13.2. The lowest BCUT2D eigenvalue weighted by atomic mass is 9.72. The first kappa shape index (κ1) is 17.0. The van der Waals surface area contributed by atoms with Crippen LogP contribution >= 0.6 is 11.3 Å². The van der Waals surface area contributed by atoms with Crippen molar-refractivity contribution < 1.29 is 4.79 Å². The number of amides is 1. The van der Waals surface area contributed by atoms with Gasteiger partial charge in [-0.2, -0.15) is 5.26 Å². The number of hydrogen-bond acceptors (Lipinski definition) is 4. The Balaban J connectivity index is 1.77. The minimum atomic E-state index is -0.200. The third-order valence-electron chi connectivity index (χ3n) is 5.44. The molecule has 0 saturated heterocycles. The van der Waals surface area contributed by atoms with Crippen molar-refractivity contribution in [3.05, 3.63) is 45.8 Å². The molecular formula is C21H21N3OS. The molecule has 5 heteroatoms. The molecule has 4 nitrogen and oxygen atoms in total. The molecule has 0 unspecified atom stereocenters. The maximum atomic E-state index is 12.3. The minimum Gasteiger partial charge on any atom is -0.320 e. The number of carbonyl (C=O) groups is 1. The lowest BCUT2D eigenvalue weighted by Gasteiger charge is -2.33. The predicted molar refractivity (Wildman–Crippen MR) is 105 cm³/mol. The quantitative estimate of drug-likeness (QED) is 0.787. The first-order chi connectivity index (χ1) is 12.4. The first-order valence-electron chi connectivity index (χ1n) is 8.92. The number of thiophene rings is 1. The fourth-order valence-corrected chi connectivity index (χ4v) is 5.07. The SMILES string of the molecule is CC(C)(C)[C@H]1CCc2c(sc(N=C3C(=O)Nc4ccccc43)c2C#N)C1.